The molecule has 2 rings (SSSR count). The normalized spacial score (nSPS) is 21.4. The number of hydrogen-bond acceptors (Lipinski definition) is 4. The van der Waals surface area contributed by atoms with E-state index >= 15 is 0 Å². The van der Waals surface area contributed by atoms with Gasteiger partial charge in [0.1, 0.15) is 0 Å². The van der Waals surface area contributed by atoms with Gasteiger partial charge in [0, 0.05) is 37.0 Å². The highest BCUT2D eigenvalue weighted by molar-refractivity contribution is 7.09. The first-order chi connectivity index (χ1) is 9.16. The summed E-state index contributed by atoms with van der Waals surface area (Å²) in [7, 11) is 0. The number of thiazole rings is 1. The van der Waals surface area contributed by atoms with E-state index < -0.39 is 0 Å². The van der Waals surface area contributed by atoms with Crippen LogP contribution in [0.2, 0.25) is 0 Å². The van der Waals surface area contributed by atoms with Gasteiger partial charge in [-0.15, -0.1) is 11.3 Å². The van der Waals surface area contributed by atoms with E-state index in [2.05, 4.69) is 4.98 Å². The lowest BCUT2D eigenvalue weighted by atomic mass is 9.96. The summed E-state index contributed by atoms with van der Waals surface area (Å²) in [5.41, 5.74) is 0. The van der Waals surface area contributed by atoms with Crippen LogP contribution in [-0.2, 0) is 11.2 Å². The van der Waals surface area contributed by atoms with Crippen LogP contribution in [0.5, 0.6) is 0 Å². The number of nitrogens with zero attached hydrogens (tertiary/aromatic N) is 2. The molecule has 1 aromatic rings. The number of carbonyl (C=O) groups excluding carboxylic acids is 1. The fraction of sp³-hybridized carbons (Fsp3) is 0.714. The number of aliphatic hydroxyl groups excluding tert-OH is 1. The van der Waals surface area contributed by atoms with Gasteiger partial charge in [-0.1, -0.05) is 0 Å². The molecule has 19 heavy (non-hydrogen) atoms. The van der Waals surface area contributed by atoms with Crippen molar-refractivity contribution in [1.29, 1.82) is 0 Å². The third-order valence-electron chi connectivity index (χ3n) is 3.60. The third-order valence-corrected chi connectivity index (χ3v) is 4.44. The van der Waals surface area contributed by atoms with Crippen LogP contribution in [0, 0.1) is 0 Å². The van der Waals surface area contributed by atoms with Gasteiger partial charge in [-0.05, 0) is 32.6 Å². The largest absolute Gasteiger partial charge is 0.393 e. The lowest BCUT2D eigenvalue weighted by molar-refractivity contribution is -0.135. The molecule has 1 amide bonds. The Balaban J connectivity index is 1.87. The summed E-state index contributed by atoms with van der Waals surface area (Å²) in [5.74, 6) is 0.209. The van der Waals surface area contributed by atoms with Gasteiger partial charge in [0.15, 0.2) is 0 Å². The van der Waals surface area contributed by atoms with Crippen LogP contribution in [0.25, 0.3) is 0 Å². The minimum absolute atomic E-state index is 0.209. The average Bonchev–Trinajstić information content (AvgIpc) is 2.89. The summed E-state index contributed by atoms with van der Waals surface area (Å²) in [5, 5.41) is 12.5. The number of piperidine rings is 1. The highest BCUT2D eigenvalue weighted by atomic mass is 32.1. The van der Waals surface area contributed by atoms with Crippen molar-refractivity contribution in [3.05, 3.63) is 16.6 Å². The molecule has 0 bridgehead atoms. The van der Waals surface area contributed by atoms with Crippen molar-refractivity contribution in [3.8, 4) is 0 Å². The summed E-state index contributed by atoms with van der Waals surface area (Å²) in [4.78, 5) is 18.5. The van der Waals surface area contributed by atoms with Gasteiger partial charge in [0.05, 0.1) is 11.1 Å². The number of aliphatic hydroxyl groups is 1. The quantitative estimate of drug-likeness (QED) is 0.901. The molecule has 1 saturated heterocycles. The fourth-order valence-electron chi connectivity index (χ4n) is 2.70. The number of likely N-dealkylation sites (tertiary alicyclic amines) is 1. The zero-order chi connectivity index (χ0) is 13.7. The molecule has 1 aliphatic heterocycles. The van der Waals surface area contributed by atoms with Crippen molar-refractivity contribution in [2.75, 3.05) is 6.54 Å². The Bertz CT molecular complexity index is 392. The van der Waals surface area contributed by atoms with Crippen LogP contribution in [0.3, 0.4) is 0 Å². The molecule has 0 aliphatic carbocycles. The zero-order valence-electron chi connectivity index (χ0n) is 11.4. The van der Waals surface area contributed by atoms with Gasteiger partial charge in [0.25, 0.3) is 0 Å². The van der Waals surface area contributed by atoms with Crippen molar-refractivity contribution in [2.24, 2.45) is 0 Å². The molecule has 0 aromatic carbocycles. The zero-order valence-corrected chi connectivity index (χ0v) is 12.2. The average molecular weight is 282 g/mol. The van der Waals surface area contributed by atoms with Crippen molar-refractivity contribution in [2.45, 2.75) is 57.6 Å². The Morgan fingerprint density at radius 3 is 3.16 bits per heavy atom. The molecule has 1 aliphatic rings. The maximum Gasteiger partial charge on any atom is 0.223 e. The van der Waals surface area contributed by atoms with Crippen LogP contribution >= 0.6 is 11.3 Å². The first-order valence-electron chi connectivity index (χ1n) is 7.02. The Morgan fingerprint density at radius 1 is 1.63 bits per heavy atom. The second-order valence-electron chi connectivity index (χ2n) is 5.25. The lowest BCUT2D eigenvalue weighted by Crippen LogP contribution is -2.45. The standard InChI is InChI=1S/C14H22N2O2S/c1-11(17)10-12-4-2-3-8-16(12)14(18)6-5-13-15-7-9-19-13/h7,9,11-12,17H,2-6,8,10H2,1H3. The molecule has 0 spiro atoms. The van der Waals surface area contributed by atoms with E-state index in [0.29, 0.717) is 12.8 Å². The molecule has 106 valence electrons. The second kappa shape index (κ2) is 7.01. The molecule has 0 saturated carbocycles. The van der Waals surface area contributed by atoms with Crippen LogP contribution in [0.1, 0.15) is 44.0 Å². The molecule has 1 fully saturated rings. The Labute approximate surface area is 118 Å². The van der Waals surface area contributed by atoms with Crippen molar-refractivity contribution in [3.63, 3.8) is 0 Å². The van der Waals surface area contributed by atoms with Gasteiger partial charge in [-0.3, -0.25) is 4.79 Å². The number of aryl methyl sites for hydroxylation is 1. The maximum atomic E-state index is 12.3. The van der Waals surface area contributed by atoms with Gasteiger partial charge < -0.3 is 10.0 Å². The van der Waals surface area contributed by atoms with E-state index in [1.54, 1.807) is 24.5 Å². The van der Waals surface area contributed by atoms with Gasteiger partial charge in [0.2, 0.25) is 5.91 Å². The van der Waals surface area contributed by atoms with Crippen LogP contribution in [0.4, 0.5) is 0 Å². The molecular formula is C14H22N2O2S. The summed E-state index contributed by atoms with van der Waals surface area (Å²) >= 11 is 1.60. The number of aromatic nitrogens is 1. The molecule has 0 radical (unpaired) electrons. The number of hydrogen-bond donors (Lipinski definition) is 1. The number of rotatable bonds is 5. The minimum atomic E-state index is -0.336. The molecule has 1 N–H and O–H groups in total. The van der Waals surface area contributed by atoms with Crippen molar-refractivity contribution in [1.82, 2.24) is 9.88 Å². The SMILES string of the molecule is CC(O)CC1CCCCN1C(=O)CCc1nccs1. The summed E-state index contributed by atoms with van der Waals surface area (Å²) < 4.78 is 0. The molecule has 5 heteroatoms. The second-order valence-corrected chi connectivity index (χ2v) is 6.23. The molecule has 2 heterocycles. The molecular weight excluding hydrogens is 260 g/mol. The Morgan fingerprint density at radius 2 is 2.47 bits per heavy atom. The van der Waals surface area contributed by atoms with E-state index in [9.17, 15) is 9.90 Å². The van der Waals surface area contributed by atoms with Crippen molar-refractivity contribution >= 4 is 17.2 Å². The van der Waals surface area contributed by atoms with Crippen LogP contribution in [-0.4, -0.2) is 39.6 Å². The topological polar surface area (TPSA) is 53.4 Å². The molecule has 2 atom stereocenters. The molecule has 2 unspecified atom stereocenters. The highest BCUT2D eigenvalue weighted by Crippen LogP contribution is 2.22. The predicted octanol–water partition coefficient (Wildman–Crippen LogP) is 2.23. The smallest absolute Gasteiger partial charge is 0.223 e. The van der Waals surface area contributed by atoms with Gasteiger partial charge in [-0.2, -0.15) is 0 Å². The maximum absolute atomic E-state index is 12.3. The Kier molecular flexibility index (Phi) is 5.34. The predicted molar refractivity (Wildman–Crippen MR) is 76.1 cm³/mol. The third kappa shape index (κ3) is 4.28. The van der Waals surface area contributed by atoms with Crippen molar-refractivity contribution < 1.29 is 9.90 Å². The summed E-state index contributed by atoms with van der Waals surface area (Å²) in [6.07, 6.45) is 6.67. The van der Waals surface area contributed by atoms with E-state index in [1.165, 1.54) is 0 Å². The fourth-order valence-corrected chi connectivity index (χ4v) is 3.32. The summed E-state index contributed by atoms with van der Waals surface area (Å²) in [6.45, 7) is 2.64. The lowest BCUT2D eigenvalue weighted by Gasteiger charge is -2.36. The van der Waals surface area contributed by atoms with Crippen LogP contribution in [0.15, 0.2) is 11.6 Å². The number of carbonyl (C=O) groups is 1. The molecule has 1 aromatic heterocycles. The van der Waals surface area contributed by atoms with E-state index in [-0.39, 0.29) is 18.1 Å². The monoisotopic (exact) mass is 282 g/mol. The first-order valence-corrected chi connectivity index (χ1v) is 7.90. The van der Waals surface area contributed by atoms with Crippen LogP contribution < -0.4 is 0 Å². The van der Waals surface area contributed by atoms with E-state index in [0.717, 1.165) is 37.2 Å². The summed E-state index contributed by atoms with van der Waals surface area (Å²) in [6, 6.07) is 0.220. The minimum Gasteiger partial charge on any atom is -0.393 e. The van der Waals surface area contributed by atoms with Gasteiger partial charge >= 0.3 is 0 Å². The Hall–Kier alpha value is -0.940. The van der Waals surface area contributed by atoms with E-state index in [4.69, 9.17) is 0 Å². The van der Waals surface area contributed by atoms with Gasteiger partial charge in [-0.25, -0.2) is 4.98 Å². The number of amides is 1. The van der Waals surface area contributed by atoms with E-state index in [1.807, 2.05) is 10.3 Å². The highest BCUT2D eigenvalue weighted by Gasteiger charge is 2.27. The first kappa shape index (κ1) is 14.5. The molecule has 4 nitrogen and oxygen atoms in total.